The van der Waals surface area contributed by atoms with Gasteiger partial charge in [0.25, 0.3) is 5.91 Å². The molecule has 1 fully saturated rings. The number of carboxylic acid groups (broad SMARTS) is 1. The zero-order valence-corrected chi connectivity index (χ0v) is 27.0. The third-order valence-corrected chi connectivity index (χ3v) is 6.95. The molecule has 0 saturated heterocycles. The van der Waals surface area contributed by atoms with Gasteiger partial charge in [-0.2, -0.15) is 17.6 Å². The Morgan fingerprint density at radius 2 is 1.33 bits per heavy atom. The van der Waals surface area contributed by atoms with Crippen LogP contribution < -0.4 is 14.8 Å². The van der Waals surface area contributed by atoms with Crippen molar-refractivity contribution in [2.45, 2.75) is 50.7 Å². The molecule has 2 heterocycles. The fraction of sp³-hybridized carbons (Fsp3) is 0.229. The lowest BCUT2D eigenvalue weighted by Crippen LogP contribution is -2.40. The van der Waals surface area contributed by atoms with Crippen LogP contribution in [0.5, 0.6) is 11.5 Å². The van der Waals surface area contributed by atoms with Gasteiger partial charge in [-0.25, -0.2) is 19.2 Å². The maximum atomic E-state index is 13.3. The lowest BCUT2D eigenvalue weighted by Gasteiger charge is -2.17. The molecule has 0 spiro atoms. The molecule has 0 radical (unpaired) electrons. The molecule has 3 atom stereocenters. The quantitative estimate of drug-likeness (QED) is 0.154. The maximum absolute atomic E-state index is 13.3. The zero-order valence-electron chi connectivity index (χ0n) is 27.0. The molecule has 282 valence electrons. The Kier molecular flexibility index (Phi) is 13.8. The second-order valence-corrected chi connectivity index (χ2v) is 10.8. The van der Waals surface area contributed by atoms with Gasteiger partial charge in [-0.1, -0.05) is 23.7 Å². The van der Waals surface area contributed by atoms with Crippen molar-refractivity contribution in [2.75, 3.05) is 0 Å². The average Bonchev–Trinajstić information content (AvgIpc) is 3.43. The molecule has 1 aliphatic carbocycles. The summed E-state index contributed by atoms with van der Waals surface area (Å²) in [5, 5.41) is 21.3. The van der Waals surface area contributed by atoms with Crippen molar-refractivity contribution in [3.05, 3.63) is 113 Å². The Labute approximate surface area is 299 Å². The number of carbonyl (C=O) groups is 2. The van der Waals surface area contributed by atoms with Crippen molar-refractivity contribution in [1.29, 1.82) is 0 Å². The summed E-state index contributed by atoms with van der Waals surface area (Å²) in [6.45, 7) is -6.21. The van der Waals surface area contributed by atoms with E-state index in [0.29, 0.717) is 5.56 Å². The van der Waals surface area contributed by atoms with E-state index < -0.39 is 55.5 Å². The first-order valence-electron chi connectivity index (χ1n) is 15.1. The van der Waals surface area contributed by atoms with Crippen molar-refractivity contribution in [2.24, 2.45) is 0 Å². The normalized spacial score (nSPS) is 16.2. The van der Waals surface area contributed by atoms with Gasteiger partial charge >= 0.3 is 25.6 Å². The van der Waals surface area contributed by atoms with Crippen LogP contribution in [0.25, 0.3) is 0 Å². The molecule has 19 heteroatoms. The average molecular weight is 765 g/mol. The van der Waals surface area contributed by atoms with Crippen LogP contribution >= 0.6 is 0 Å². The molecule has 0 bridgehead atoms. The first-order chi connectivity index (χ1) is 25.6. The van der Waals surface area contributed by atoms with Crippen LogP contribution in [0.2, 0.25) is 0 Å². The summed E-state index contributed by atoms with van der Waals surface area (Å²) in [5.41, 5.74) is 0.353. The molecule has 4 aromatic rings. The van der Waals surface area contributed by atoms with E-state index in [9.17, 15) is 49.8 Å². The molecule has 54 heavy (non-hydrogen) atoms. The summed E-state index contributed by atoms with van der Waals surface area (Å²) in [5.74, 6) is 7.06. The molecule has 1 amide bonds. The number of ether oxygens (including phenoxy) is 3. The third kappa shape index (κ3) is 12.7. The number of nitrogens with one attached hydrogen (secondary N) is 1. The topological polar surface area (TPSA) is 153 Å². The first kappa shape index (κ1) is 40.5. The number of aromatic nitrogens is 3. The van der Waals surface area contributed by atoms with Crippen LogP contribution in [0.3, 0.4) is 0 Å². The minimum Gasteiger partial charge on any atom is -0.478 e. The lowest BCUT2D eigenvalue weighted by molar-refractivity contribution is -0.342. The molecule has 0 unspecified atom stereocenters. The number of alkyl halides is 7. The number of aromatic carboxylic acids is 1. The number of aliphatic hydroxyl groups excluding tert-OH is 1. The van der Waals surface area contributed by atoms with Crippen LogP contribution in [0.1, 0.15) is 55.8 Å². The summed E-state index contributed by atoms with van der Waals surface area (Å²) < 4.78 is 113. The molecule has 3 N–H and O–H groups in total. The van der Waals surface area contributed by atoms with Gasteiger partial charge in [0.15, 0.2) is 0 Å². The number of pyridine rings is 1. The Morgan fingerprint density at radius 3 is 1.89 bits per heavy atom. The number of hydrogen-bond acceptors (Lipinski definition) is 9. The predicted octanol–water partition coefficient (Wildman–Crippen LogP) is 5.56. The van der Waals surface area contributed by atoms with Gasteiger partial charge in [0.1, 0.15) is 23.6 Å². The minimum atomic E-state index is -4.88. The van der Waals surface area contributed by atoms with E-state index in [1.165, 1.54) is 24.9 Å². The van der Waals surface area contributed by atoms with Gasteiger partial charge < -0.3 is 25.0 Å². The molecule has 11 nitrogen and oxygen atoms in total. The number of hydrogen-bond donors (Lipinski definition) is 3. The van der Waals surface area contributed by atoms with Crippen molar-refractivity contribution in [3.8, 4) is 35.2 Å². The summed E-state index contributed by atoms with van der Waals surface area (Å²) in [6.07, 6.45) is -1.71. The number of halogens is 8. The largest absolute Gasteiger partial charge is 0.522 e. The summed E-state index contributed by atoms with van der Waals surface area (Å²) in [6, 6.07) is 6.84. The summed E-state index contributed by atoms with van der Waals surface area (Å²) in [4.78, 5) is 34.6. The van der Waals surface area contributed by atoms with Gasteiger partial charge in [-0.15, -0.1) is 13.2 Å². The second kappa shape index (κ2) is 18.4. The highest BCUT2D eigenvalue weighted by molar-refractivity contribution is 5.95. The van der Waals surface area contributed by atoms with E-state index in [1.807, 2.05) is 0 Å². The highest BCUT2D eigenvalue weighted by Crippen LogP contribution is 2.30. The highest BCUT2D eigenvalue weighted by Gasteiger charge is 2.41. The fourth-order valence-corrected chi connectivity index (χ4v) is 4.71. The standard InChI is InChI=1S/C21H16F6N2O4.C14H8F2N2O3/c22-14-5-11(9-28-10-14)1-2-12-6-13(3-4-18(12)32-20(23)24)19(31)29-16-7-15(8-17(16)30)33-21(25,26)27;15-14(16)21-12-4-3-11(13(19)20)5-10(12)2-1-9-6-17-8-18-7-9/h3-6,9-10,15-17,20,30H,7-8H2,(H,29,31);3-8,14H,(H,19,20)/t15-,16-,17-;/m0./s1. The van der Waals surface area contributed by atoms with Gasteiger partial charge in [0, 0.05) is 36.1 Å². The van der Waals surface area contributed by atoms with E-state index in [2.05, 4.69) is 58.2 Å². The maximum Gasteiger partial charge on any atom is 0.522 e. The van der Waals surface area contributed by atoms with Gasteiger partial charge in [0.05, 0.1) is 46.7 Å². The molecule has 5 rings (SSSR count). The Morgan fingerprint density at radius 1 is 0.778 bits per heavy atom. The van der Waals surface area contributed by atoms with Crippen LogP contribution in [0.4, 0.5) is 35.1 Å². The van der Waals surface area contributed by atoms with Crippen molar-refractivity contribution >= 4 is 11.9 Å². The Bertz CT molecular complexity index is 2070. The molecular formula is C35H24F8N4O7. The number of carbonyl (C=O) groups excluding carboxylic acids is 1. The van der Waals surface area contributed by atoms with E-state index in [4.69, 9.17) is 5.11 Å². The van der Waals surface area contributed by atoms with Crippen LogP contribution in [-0.2, 0) is 4.74 Å². The number of nitrogens with zero attached hydrogens (tertiary/aromatic N) is 3. The molecule has 2 aromatic heterocycles. The summed E-state index contributed by atoms with van der Waals surface area (Å²) in [7, 11) is 0. The van der Waals surface area contributed by atoms with E-state index >= 15 is 0 Å². The molecular weight excluding hydrogens is 740 g/mol. The van der Waals surface area contributed by atoms with Crippen molar-refractivity contribution in [3.63, 3.8) is 0 Å². The van der Waals surface area contributed by atoms with Gasteiger partial charge in [-0.05, 0) is 48.9 Å². The van der Waals surface area contributed by atoms with E-state index in [1.54, 1.807) is 0 Å². The van der Waals surface area contributed by atoms with Gasteiger partial charge in [0.2, 0.25) is 0 Å². The fourth-order valence-electron chi connectivity index (χ4n) is 4.71. The number of amides is 1. The first-order valence-corrected chi connectivity index (χ1v) is 15.1. The van der Waals surface area contributed by atoms with Crippen LogP contribution in [0.15, 0.2) is 73.6 Å². The monoisotopic (exact) mass is 764 g/mol. The second-order valence-electron chi connectivity index (χ2n) is 10.8. The molecule has 0 aliphatic heterocycles. The summed E-state index contributed by atoms with van der Waals surface area (Å²) >= 11 is 0. The SMILES string of the molecule is O=C(N[C@H]1C[C@H](OC(F)(F)F)C[C@@H]1O)c1ccc(OC(F)F)c(C#Cc2cncc(F)c2)c1.O=C(O)c1ccc(OC(F)F)c(C#Cc2cncnc2)c1. The smallest absolute Gasteiger partial charge is 0.478 e. The number of aliphatic hydroxyl groups is 1. The zero-order chi connectivity index (χ0) is 39.4. The number of carboxylic acids is 1. The third-order valence-electron chi connectivity index (χ3n) is 6.95. The van der Waals surface area contributed by atoms with E-state index in [0.717, 1.165) is 48.7 Å². The lowest BCUT2D eigenvalue weighted by atomic mass is 10.1. The highest BCUT2D eigenvalue weighted by atomic mass is 19.4. The Hall–Kier alpha value is -6.31. The van der Waals surface area contributed by atoms with Crippen molar-refractivity contribution in [1.82, 2.24) is 20.3 Å². The van der Waals surface area contributed by atoms with Gasteiger partial charge in [-0.3, -0.25) is 14.5 Å². The number of benzene rings is 2. The molecule has 1 aliphatic rings. The van der Waals surface area contributed by atoms with Crippen LogP contribution in [0, 0.1) is 29.5 Å². The van der Waals surface area contributed by atoms with Crippen LogP contribution in [-0.4, -0.2) is 74.9 Å². The predicted molar refractivity (Wildman–Crippen MR) is 169 cm³/mol. The number of rotatable bonds is 8. The molecule has 2 aromatic carbocycles. The van der Waals surface area contributed by atoms with E-state index in [-0.39, 0.29) is 52.2 Å². The minimum absolute atomic E-state index is 0.0408. The molecule has 1 saturated carbocycles. The Balaban J connectivity index is 0.000000266. The van der Waals surface area contributed by atoms with Crippen molar-refractivity contribution < 1.29 is 69.1 Å².